The maximum Gasteiger partial charge on any atom is 0.175 e. The quantitative estimate of drug-likeness (QED) is 0.711. The van der Waals surface area contributed by atoms with Gasteiger partial charge in [-0.25, -0.2) is 17.8 Å². The summed E-state index contributed by atoms with van der Waals surface area (Å²) in [6.07, 6.45) is 1.14. The summed E-state index contributed by atoms with van der Waals surface area (Å²) in [5, 5.41) is 0. The van der Waals surface area contributed by atoms with Crippen molar-refractivity contribution in [1.29, 1.82) is 0 Å². The van der Waals surface area contributed by atoms with Gasteiger partial charge in [-0.05, 0) is 36.4 Å². The first kappa shape index (κ1) is 13.6. The minimum atomic E-state index is -3.29. The SMILES string of the molecule is CS(=O)(=O)c1ccc2nc(-c3ccc(F)cc3N)[nH]c2c1. The minimum absolute atomic E-state index is 0.206. The number of nitrogens with zero attached hydrogens (tertiary/aromatic N) is 1. The van der Waals surface area contributed by atoms with E-state index in [9.17, 15) is 12.8 Å². The molecule has 0 atom stereocenters. The molecule has 0 radical (unpaired) electrons. The van der Waals surface area contributed by atoms with Gasteiger partial charge in [-0.3, -0.25) is 0 Å². The number of nitrogens with one attached hydrogen (secondary N) is 1. The van der Waals surface area contributed by atoms with Crippen molar-refractivity contribution in [1.82, 2.24) is 9.97 Å². The Kier molecular flexibility index (Phi) is 2.94. The van der Waals surface area contributed by atoms with Crippen LogP contribution in [0.25, 0.3) is 22.4 Å². The molecule has 7 heteroatoms. The zero-order valence-corrected chi connectivity index (χ0v) is 11.9. The lowest BCUT2D eigenvalue weighted by Gasteiger charge is -2.01. The molecule has 108 valence electrons. The van der Waals surface area contributed by atoms with Crippen LogP contribution >= 0.6 is 0 Å². The lowest BCUT2D eigenvalue weighted by Crippen LogP contribution is -1.96. The molecule has 21 heavy (non-hydrogen) atoms. The van der Waals surface area contributed by atoms with Crippen molar-refractivity contribution >= 4 is 26.6 Å². The van der Waals surface area contributed by atoms with Gasteiger partial charge in [-0.15, -0.1) is 0 Å². The number of anilines is 1. The van der Waals surface area contributed by atoms with Gasteiger partial charge in [0.25, 0.3) is 0 Å². The molecule has 3 aromatic rings. The summed E-state index contributed by atoms with van der Waals surface area (Å²) in [6.45, 7) is 0. The van der Waals surface area contributed by atoms with Crippen LogP contribution in [-0.4, -0.2) is 24.6 Å². The van der Waals surface area contributed by atoms with Crippen LogP contribution in [0.15, 0.2) is 41.3 Å². The van der Waals surface area contributed by atoms with Crippen LogP contribution in [0.4, 0.5) is 10.1 Å². The molecule has 0 amide bonds. The summed E-state index contributed by atoms with van der Waals surface area (Å²) in [6, 6.07) is 8.66. The van der Waals surface area contributed by atoms with Gasteiger partial charge in [0, 0.05) is 17.5 Å². The first-order valence-corrected chi connectivity index (χ1v) is 7.99. The van der Waals surface area contributed by atoms with Crippen LogP contribution in [0.5, 0.6) is 0 Å². The van der Waals surface area contributed by atoms with Crippen LogP contribution < -0.4 is 5.73 Å². The number of benzene rings is 2. The maximum atomic E-state index is 13.1. The number of hydrogen-bond acceptors (Lipinski definition) is 4. The van der Waals surface area contributed by atoms with Crippen molar-refractivity contribution in [2.75, 3.05) is 12.0 Å². The van der Waals surface area contributed by atoms with Crippen LogP contribution in [0.1, 0.15) is 0 Å². The molecule has 0 bridgehead atoms. The van der Waals surface area contributed by atoms with E-state index in [2.05, 4.69) is 9.97 Å². The third-order valence-corrected chi connectivity index (χ3v) is 4.26. The Morgan fingerprint density at radius 3 is 2.62 bits per heavy atom. The Balaban J connectivity index is 2.17. The van der Waals surface area contributed by atoms with E-state index in [0.717, 1.165) is 6.26 Å². The number of sulfone groups is 1. The van der Waals surface area contributed by atoms with Gasteiger partial charge < -0.3 is 10.7 Å². The van der Waals surface area contributed by atoms with Gasteiger partial charge in [-0.1, -0.05) is 0 Å². The molecule has 5 nitrogen and oxygen atoms in total. The molecule has 0 unspecified atom stereocenters. The Hall–Kier alpha value is -2.41. The summed E-state index contributed by atoms with van der Waals surface area (Å²) in [5.74, 6) is 0.0416. The predicted octanol–water partition coefficient (Wildman–Crippen LogP) is 2.35. The van der Waals surface area contributed by atoms with Gasteiger partial charge in [0.1, 0.15) is 11.6 Å². The van der Waals surface area contributed by atoms with E-state index < -0.39 is 15.7 Å². The Labute approximate surface area is 120 Å². The molecule has 0 aliphatic heterocycles. The van der Waals surface area contributed by atoms with Gasteiger partial charge in [0.15, 0.2) is 9.84 Å². The van der Waals surface area contributed by atoms with Crippen molar-refractivity contribution in [3.63, 3.8) is 0 Å². The first-order valence-electron chi connectivity index (χ1n) is 6.10. The summed E-state index contributed by atoms with van der Waals surface area (Å²) in [7, 11) is -3.29. The zero-order chi connectivity index (χ0) is 15.2. The fourth-order valence-electron chi connectivity index (χ4n) is 2.10. The fraction of sp³-hybridized carbons (Fsp3) is 0.0714. The minimum Gasteiger partial charge on any atom is -0.398 e. The van der Waals surface area contributed by atoms with E-state index in [4.69, 9.17) is 5.73 Å². The van der Waals surface area contributed by atoms with E-state index in [1.54, 1.807) is 6.07 Å². The number of rotatable bonds is 2. The summed E-state index contributed by atoms with van der Waals surface area (Å²) in [5.41, 5.74) is 7.80. The smallest absolute Gasteiger partial charge is 0.175 e. The maximum absolute atomic E-state index is 13.1. The number of aromatic nitrogens is 2. The van der Waals surface area contributed by atoms with E-state index in [-0.39, 0.29) is 10.6 Å². The van der Waals surface area contributed by atoms with Crippen molar-refractivity contribution in [2.45, 2.75) is 4.90 Å². The second kappa shape index (κ2) is 4.56. The summed E-state index contributed by atoms with van der Waals surface area (Å²) in [4.78, 5) is 7.56. The highest BCUT2D eigenvalue weighted by Crippen LogP contribution is 2.27. The normalized spacial score (nSPS) is 11.9. The molecule has 0 fully saturated rings. The number of fused-ring (bicyclic) bond motifs is 1. The summed E-state index contributed by atoms with van der Waals surface area (Å²) >= 11 is 0. The van der Waals surface area contributed by atoms with E-state index >= 15 is 0 Å². The molecular weight excluding hydrogens is 293 g/mol. The molecular formula is C14H12FN3O2S. The second-order valence-electron chi connectivity index (χ2n) is 4.77. The number of halogens is 1. The van der Waals surface area contributed by atoms with Gasteiger partial charge in [0.05, 0.1) is 15.9 Å². The molecule has 1 aromatic heterocycles. The topological polar surface area (TPSA) is 88.8 Å². The lowest BCUT2D eigenvalue weighted by molar-refractivity contribution is 0.602. The number of nitrogen functional groups attached to an aromatic ring is 1. The Morgan fingerprint density at radius 1 is 1.19 bits per heavy atom. The van der Waals surface area contributed by atoms with E-state index in [1.165, 1.54) is 30.3 Å². The average Bonchev–Trinajstić information content (AvgIpc) is 2.79. The van der Waals surface area contributed by atoms with Crippen LogP contribution in [0.2, 0.25) is 0 Å². The fourth-order valence-corrected chi connectivity index (χ4v) is 2.74. The molecule has 0 aliphatic rings. The van der Waals surface area contributed by atoms with Crippen molar-refractivity contribution in [2.24, 2.45) is 0 Å². The largest absolute Gasteiger partial charge is 0.398 e. The lowest BCUT2D eigenvalue weighted by atomic mass is 10.1. The Bertz CT molecular complexity index is 948. The summed E-state index contributed by atoms with van der Waals surface area (Å²) < 4.78 is 36.2. The highest BCUT2D eigenvalue weighted by molar-refractivity contribution is 7.90. The molecule has 0 saturated carbocycles. The number of H-pyrrole nitrogens is 1. The number of hydrogen-bond donors (Lipinski definition) is 2. The van der Waals surface area contributed by atoms with Crippen LogP contribution in [0.3, 0.4) is 0 Å². The highest BCUT2D eigenvalue weighted by Gasteiger charge is 2.12. The molecule has 2 aromatic carbocycles. The van der Waals surface area contributed by atoms with Crippen LogP contribution in [-0.2, 0) is 9.84 Å². The highest BCUT2D eigenvalue weighted by atomic mass is 32.2. The predicted molar refractivity (Wildman–Crippen MR) is 79.0 cm³/mol. The molecule has 0 aliphatic carbocycles. The zero-order valence-electron chi connectivity index (χ0n) is 11.1. The third-order valence-electron chi connectivity index (χ3n) is 3.15. The average molecular weight is 305 g/mol. The monoisotopic (exact) mass is 305 g/mol. The standard InChI is InChI=1S/C14H12FN3O2S/c1-21(19,20)9-3-5-12-13(7-9)18-14(17-12)10-4-2-8(15)6-11(10)16/h2-7H,16H2,1H3,(H,17,18). The van der Waals surface area contributed by atoms with E-state index in [1.807, 2.05) is 0 Å². The molecule has 3 N–H and O–H groups in total. The van der Waals surface area contributed by atoms with Gasteiger partial charge >= 0.3 is 0 Å². The number of imidazole rings is 1. The second-order valence-corrected chi connectivity index (χ2v) is 6.78. The number of nitrogens with two attached hydrogens (primary N) is 1. The van der Waals surface area contributed by atoms with Crippen molar-refractivity contribution < 1.29 is 12.8 Å². The van der Waals surface area contributed by atoms with Gasteiger partial charge in [-0.2, -0.15) is 0 Å². The Morgan fingerprint density at radius 2 is 1.95 bits per heavy atom. The number of aromatic amines is 1. The molecule has 0 spiro atoms. The third kappa shape index (κ3) is 2.47. The molecule has 1 heterocycles. The molecule has 0 saturated heterocycles. The van der Waals surface area contributed by atoms with Crippen molar-refractivity contribution in [3.05, 3.63) is 42.2 Å². The van der Waals surface area contributed by atoms with Crippen molar-refractivity contribution in [3.8, 4) is 11.4 Å². The van der Waals surface area contributed by atoms with E-state index in [0.29, 0.717) is 22.4 Å². The van der Waals surface area contributed by atoms with Gasteiger partial charge in [0.2, 0.25) is 0 Å². The van der Waals surface area contributed by atoms with Crippen LogP contribution in [0, 0.1) is 5.82 Å². The first-order chi connectivity index (χ1) is 9.84. The molecule has 3 rings (SSSR count).